The Bertz CT molecular complexity index is 1170. The van der Waals surface area contributed by atoms with E-state index in [1.807, 2.05) is 13.8 Å². The molecule has 0 saturated heterocycles. The van der Waals surface area contributed by atoms with E-state index in [9.17, 15) is 19.1 Å². The molecule has 0 radical (unpaired) electrons. The molecule has 0 heterocycles. The van der Waals surface area contributed by atoms with E-state index in [1.54, 1.807) is 20.3 Å². The van der Waals surface area contributed by atoms with E-state index >= 15 is 0 Å². The van der Waals surface area contributed by atoms with Gasteiger partial charge in [0.25, 0.3) is 11.8 Å². The summed E-state index contributed by atoms with van der Waals surface area (Å²) in [5.74, 6) is -1.61. The Morgan fingerprint density at radius 2 is 1.86 bits per heavy atom. The van der Waals surface area contributed by atoms with Crippen LogP contribution in [-0.2, 0) is 0 Å². The third-order valence-electron chi connectivity index (χ3n) is 5.31. The molecule has 0 atom stereocenters. The Kier molecular flexibility index (Phi) is 8.31. The predicted molar refractivity (Wildman–Crippen MR) is 133 cm³/mol. The van der Waals surface area contributed by atoms with E-state index in [1.165, 1.54) is 41.3 Å². The fourth-order valence-electron chi connectivity index (χ4n) is 3.16. The number of amidine groups is 1. The molecule has 9 nitrogen and oxygen atoms in total. The first kappa shape index (κ1) is 26.7. The zero-order valence-electron chi connectivity index (χ0n) is 20.7. The van der Waals surface area contributed by atoms with Crippen LogP contribution >= 0.6 is 0 Å². The van der Waals surface area contributed by atoms with Gasteiger partial charge < -0.3 is 30.1 Å². The van der Waals surface area contributed by atoms with Crippen molar-refractivity contribution in [1.29, 1.82) is 5.41 Å². The monoisotopic (exact) mass is 498 g/mol. The smallest absolute Gasteiger partial charge is 0.257 e. The normalized spacial score (nSPS) is 13.9. The second-order valence-electron chi connectivity index (χ2n) is 9.11. The van der Waals surface area contributed by atoms with E-state index in [0.29, 0.717) is 12.8 Å². The molecule has 4 N–H and O–H groups in total. The van der Waals surface area contributed by atoms with Crippen LogP contribution in [0.1, 0.15) is 47.4 Å². The van der Waals surface area contributed by atoms with Gasteiger partial charge in [-0.25, -0.2) is 4.39 Å². The Balaban J connectivity index is 1.85. The number of nitrogens with zero attached hydrogens (tertiary/aromatic N) is 1. The number of benzene rings is 2. The summed E-state index contributed by atoms with van der Waals surface area (Å²) < 4.78 is 26.3. The first-order valence-electron chi connectivity index (χ1n) is 11.5. The molecule has 0 aromatic heterocycles. The van der Waals surface area contributed by atoms with Gasteiger partial charge in [0.15, 0.2) is 11.6 Å². The van der Waals surface area contributed by atoms with E-state index in [0.717, 1.165) is 6.07 Å². The van der Waals surface area contributed by atoms with Crippen molar-refractivity contribution in [1.82, 2.24) is 15.5 Å². The van der Waals surface area contributed by atoms with Gasteiger partial charge in [0.2, 0.25) is 0 Å². The molecule has 10 heteroatoms. The zero-order chi connectivity index (χ0) is 26.5. The summed E-state index contributed by atoms with van der Waals surface area (Å²) in [5, 5.41) is 23.1. The van der Waals surface area contributed by atoms with Gasteiger partial charge in [-0.3, -0.25) is 15.0 Å². The average Bonchev–Trinajstić information content (AvgIpc) is 3.59. The molecule has 2 amide bonds. The molecule has 0 aliphatic heterocycles. The van der Waals surface area contributed by atoms with Gasteiger partial charge in [-0.1, -0.05) is 0 Å². The minimum Gasteiger partial charge on any atom is -0.485 e. The van der Waals surface area contributed by atoms with Gasteiger partial charge >= 0.3 is 0 Å². The van der Waals surface area contributed by atoms with Crippen molar-refractivity contribution < 1.29 is 28.6 Å². The molecule has 1 fully saturated rings. The highest BCUT2D eigenvalue weighted by molar-refractivity contribution is 6.09. The standard InChI is InChI=1S/C26H31FN4O5/c1-16(2)29-10-7-23(28)30-24(33)18-11-19(14-20(12-18)36-26(15-32)8-9-26)35-22-6-5-17(13-21(22)27)25(34)31(3)4/h5-7,10-14,16,29,32H,8-9,15H2,1-4H3,(H2,28,30,33)/b10-7-. The molecule has 2 aromatic carbocycles. The molecule has 2 aromatic rings. The fraction of sp³-hybridized carbons (Fsp3) is 0.346. The average molecular weight is 499 g/mol. The van der Waals surface area contributed by atoms with Crippen molar-refractivity contribution in [3.63, 3.8) is 0 Å². The summed E-state index contributed by atoms with van der Waals surface area (Å²) >= 11 is 0. The van der Waals surface area contributed by atoms with Gasteiger partial charge in [-0.15, -0.1) is 0 Å². The third-order valence-corrected chi connectivity index (χ3v) is 5.31. The second-order valence-corrected chi connectivity index (χ2v) is 9.11. The lowest BCUT2D eigenvalue weighted by Crippen LogP contribution is -2.29. The summed E-state index contributed by atoms with van der Waals surface area (Å²) in [6, 6.07) is 8.38. The molecule has 0 spiro atoms. The van der Waals surface area contributed by atoms with Crippen LogP contribution in [0.3, 0.4) is 0 Å². The SMILES string of the molecule is CC(C)N/C=C\C(=N)NC(=O)c1cc(Oc2ccc(C(=O)N(C)C)cc2F)cc(OC2(CO)CC2)c1. The molecular weight excluding hydrogens is 467 g/mol. The Morgan fingerprint density at radius 3 is 2.44 bits per heavy atom. The van der Waals surface area contributed by atoms with E-state index in [2.05, 4.69) is 10.6 Å². The van der Waals surface area contributed by atoms with Gasteiger partial charge in [-0.2, -0.15) is 0 Å². The minimum absolute atomic E-state index is 0.112. The molecule has 192 valence electrons. The quantitative estimate of drug-likeness (QED) is 0.294. The number of aliphatic hydroxyl groups excluding tert-OH is 1. The molecular formula is C26H31FN4O5. The number of aliphatic hydroxyl groups is 1. The molecule has 1 aliphatic rings. The van der Waals surface area contributed by atoms with Crippen LogP contribution in [0, 0.1) is 11.2 Å². The van der Waals surface area contributed by atoms with Gasteiger partial charge in [0.1, 0.15) is 22.9 Å². The number of carbonyl (C=O) groups is 2. The number of nitrogens with one attached hydrogen (secondary N) is 3. The lowest BCUT2D eigenvalue weighted by molar-refractivity contribution is 0.0826. The summed E-state index contributed by atoms with van der Waals surface area (Å²) in [4.78, 5) is 26.3. The number of ether oxygens (including phenoxy) is 2. The molecule has 1 aliphatic carbocycles. The van der Waals surface area contributed by atoms with Crippen LogP contribution < -0.4 is 20.1 Å². The highest BCUT2D eigenvalue weighted by Crippen LogP contribution is 2.41. The lowest BCUT2D eigenvalue weighted by Gasteiger charge is -2.18. The summed E-state index contributed by atoms with van der Waals surface area (Å²) in [7, 11) is 3.14. The van der Waals surface area contributed by atoms with Gasteiger partial charge in [-0.05, 0) is 63.1 Å². The maximum Gasteiger partial charge on any atom is 0.257 e. The molecule has 1 saturated carbocycles. The number of amides is 2. The molecule has 36 heavy (non-hydrogen) atoms. The largest absolute Gasteiger partial charge is 0.485 e. The molecule has 0 bridgehead atoms. The Labute approximate surface area is 209 Å². The number of carbonyl (C=O) groups excluding carboxylic acids is 2. The first-order valence-corrected chi connectivity index (χ1v) is 11.5. The fourth-order valence-corrected chi connectivity index (χ4v) is 3.16. The van der Waals surface area contributed by atoms with Crippen molar-refractivity contribution in [3.05, 3.63) is 65.6 Å². The van der Waals surface area contributed by atoms with Crippen molar-refractivity contribution >= 4 is 17.6 Å². The van der Waals surface area contributed by atoms with Crippen molar-refractivity contribution in [2.75, 3.05) is 20.7 Å². The van der Waals surface area contributed by atoms with Crippen LogP contribution in [0.25, 0.3) is 0 Å². The van der Waals surface area contributed by atoms with Crippen LogP contribution in [0.4, 0.5) is 4.39 Å². The Morgan fingerprint density at radius 1 is 1.17 bits per heavy atom. The lowest BCUT2D eigenvalue weighted by atomic mass is 10.1. The second kappa shape index (κ2) is 11.2. The number of halogens is 1. The molecule has 3 rings (SSSR count). The minimum atomic E-state index is -0.751. The highest BCUT2D eigenvalue weighted by Gasteiger charge is 2.45. The number of hydrogen-bond donors (Lipinski definition) is 4. The van der Waals surface area contributed by atoms with Crippen LogP contribution in [-0.4, -0.2) is 60.0 Å². The van der Waals surface area contributed by atoms with Crippen LogP contribution in [0.15, 0.2) is 48.7 Å². The highest BCUT2D eigenvalue weighted by atomic mass is 19.1. The maximum absolute atomic E-state index is 14.7. The predicted octanol–water partition coefficient (Wildman–Crippen LogP) is 3.44. The van der Waals surface area contributed by atoms with E-state index in [4.69, 9.17) is 14.9 Å². The van der Waals surface area contributed by atoms with Crippen molar-refractivity contribution in [2.24, 2.45) is 0 Å². The molecule has 0 unspecified atom stereocenters. The maximum atomic E-state index is 14.7. The number of hydrogen-bond acceptors (Lipinski definition) is 7. The summed E-state index contributed by atoms with van der Waals surface area (Å²) in [5.41, 5.74) is -0.436. The van der Waals surface area contributed by atoms with Gasteiger partial charge in [0, 0.05) is 43.5 Å². The van der Waals surface area contributed by atoms with E-state index in [-0.39, 0.29) is 52.8 Å². The Hall–Kier alpha value is -3.92. The van der Waals surface area contributed by atoms with E-state index < -0.39 is 17.3 Å². The summed E-state index contributed by atoms with van der Waals surface area (Å²) in [6.07, 6.45) is 4.29. The third kappa shape index (κ3) is 7.05. The number of rotatable bonds is 10. The van der Waals surface area contributed by atoms with Crippen molar-refractivity contribution in [3.8, 4) is 17.2 Å². The van der Waals surface area contributed by atoms with Crippen LogP contribution in [0.5, 0.6) is 17.2 Å². The van der Waals surface area contributed by atoms with Gasteiger partial charge in [0.05, 0.1) is 6.61 Å². The summed E-state index contributed by atoms with van der Waals surface area (Å²) in [6.45, 7) is 3.69. The topological polar surface area (TPSA) is 124 Å². The van der Waals surface area contributed by atoms with Crippen molar-refractivity contribution in [2.45, 2.75) is 38.3 Å². The zero-order valence-corrected chi connectivity index (χ0v) is 20.7. The van der Waals surface area contributed by atoms with Crippen LogP contribution in [0.2, 0.25) is 0 Å². The first-order chi connectivity index (χ1) is 17.0.